The highest BCUT2D eigenvalue weighted by molar-refractivity contribution is 7.89. The molecule has 0 atom stereocenters. The number of nitrogens with one attached hydrogen (secondary N) is 1. The maximum Gasteiger partial charge on any atom is 0.573 e. The van der Waals surface area contributed by atoms with Crippen LogP contribution in [0.5, 0.6) is 5.75 Å². The normalized spacial score (nSPS) is 15.2. The molecule has 0 aliphatic heterocycles. The lowest BCUT2D eigenvalue weighted by molar-refractivity contribution is -0.274. The Morgan fingerprint density at radius 3 is 2.34 bits per heavy atom. The zero-order chi connectivity index (χ0) is 22.8. The van der Waals surface area contributed by atoms with E-state index in [4.69, 9.17) is 0 Å². The number of hydrogen-bond donors (Lipinski definition) is 1. The fourth-order valence-corrected chi connectivity index (χ4v) is 4.77. The van der Waals surface area contributed by atoms with E-state index in [1.165, 1.54) is 0 Å². The predicted octanol–water partition coefficient (Wildman–Crippen LogP) is 4.44. The molecule has 32 heavy (non-hydrogen) atoms. The number of benzene rings is 1. The van der Waals surface area contributed by atoms with Crippen molar-refractivity contribution < 1.29 is 26.3 Å². The second kappa shape index (κ2) is 8.91. The third-order valence-corrected chi connectivity index (χ3v) is 6.66. The zero-order valence-corrected chi connectivity index (χ0v) is 17.7. The van der Waals surface area contributed by atoms with Gasteiger partial charge in [-0.1, -0.05) is 12.8 Å². The van der Waals surface area contributed by atoms with Crippen molar-refractivity contribution in [2.75, 3.05) is 0 Å². The Labute approximate surface area is 183 Å². The molecule has 0 radical (unpaired) electrons. The Hall–Kier alpha value is -2.92. The van der Waals surface area contributed by atoms with Crippen LogP contribution in [0.3, 0.4) is 0 Å². The zero-order valence-electron chi connectivity index (χ0n) is 16.9. The molecule has 0 amide bonds. The quantitative estimate of drug-likeness (QED) is 0.557. The number of sulfonamides is 1. The molecule has 0 spiro atoms. The maximum absolute atomic E-state index is 12.6. The maximum atomic E-state index is 12.6. The molecule has 4 rings (SSSR count). The fourth-order valence-electron chi connectivity index (χ4n) is 3.77. The van der Waals surface area contributed by atoms with Crippen LogP contribution in [0.25, 0.3) is 11.3 Å². The predicted molar refractivity (Wildman–Crippen MR) is 110 cm³/mol. The number of alkyl halides is 3. The van der Waals surface area contributed by atoms with Crippen molar-refractivity contribution in [1.29, 1.82) is 0 Å². The van der Waals surface area contributed by atoms with Gasteiger partial charge in [-0.15, -0.1) is 13.2 Å². The van der Waals surface area contributed by atoms with Gasteiger partial charge in [0.25, 0.3) is 0 Å². The lowest BCUT2D eigenvalue weighted by Crippen LogP contribution is -2.23. The van der Waals surface area contributed by atoms with E-state index < -0.39 is 22.1 Å². The molecule has 11 heteroatoms. The Morgan fingerprint density at radius 1 is 1.06 bits per heavy atom. The van der Waals surface area contributed by atoms with E-state index in [1.807, 2.05) is 22.9 Å². The van der Waals surface area contributed by atoms with Crippen molar-refractivity contribution in [3.05, 3.63) is 60.6 Å². The SMILES string of the molecule is O=S(=O)(NCc1cc(-c2ccncc2)n(C2CCCC2)n1)c1ccc(OC(F)(F)F)cc1. The van der Waals surface area contributed by atoms with Crippen LogP contribution < -0.4 is 9.46 Å². The van der Waals surface area contributed by atoms with Crippen LogP contribution in [0.15, 0.2) is 59.8 Å². The topological polar surface area (TPSA) is 86.1 Å². The van der Waals surface area contributed by atoms with Gasteiger partial charge in [-0.2, -0.15) is 5.10 Å². The van der Waals surface area contributed by atoms with Crippen molar-refractivity contribution in [2.45, 2.75) is 49.5 Å². The minimum Gasteiger partial charge on any atom is -0.406 e. The highest BCUT2D eigenvalue weighted by Gasteiger charge is 2.31. The van der Waals surface area contributed by atoms with Crippen LogP contribution in [-0.2, 0) is 16.6 Å². The van der Waals surface area contributed by atoms with E-state index in [1.54, 1.807) is 12.4 Å². The molecule has 7 nitrogen and oxygen atoms in total. The number of ether oxygens (including phenoxy) is 1. The second-order valence-electron chi connectivity index (χ2n) is 7.48. The molecule has 3 aromatic rings. The van der Waals surface area contributed by atoms with E-state index in [-0.39, 0.29) is 17.5 Å². The molecule has 1 aliphatic carbocycles. The van der Waals surface area contributed by atoms with Crippen LogP contribution in [0.2, 0.25) is 0 Å². The van der Waals surface area contributed by atoms with Gasteiger partial charge in [0, 0.05) is 18.0 Å². The summed E-state index contributed by atoms with van der Waals surface area (Å²) in [6.45, 7) is -0.0546. The van der Waals surface area contributed by atoms with Crippen molar-refractivity contribution >= 4 is 10.0 Å². The number of aromatic nitrogens is 3. The Morgan fingerprint density at radius 2 is 1.72 bits per heavy atom. The van der Waals surface area contributed by atoms with Crippen LogP contribution in [0.1, 0.15) is 37.4 Å². The van der Waals surface area contributed by atoms with Crippen LogP contribution >= 0.6 is 0 Å². The molecule has 2 aromatic heterocycles. The van der Waals surface area contributed by atoms with E-state index in [9.17, 15) is 21.6 Å². The highest BCUT2D eigenvalue weighted by Crippen LogP contribution is 2.33. The molecule has 1 saturated carbocycles. The smallest absolute Gasteiger partial charge is 0.406 e. The molecular weight excluding hydrogens is 445 g/mol. The minimum atomic E-state index is -4.84. The Balaban J connectivity index is 1.51. The van der Waals surface area contributed by atoms with Gasteiger partial charge in [0.05, 0.1) is 28.9 Å². The van der Waals surface area contributed by atoms with E-state index in [2.05, 4.69) is 19.5 Å². The monoisotopic (exact) mass is 466 g/mol. The first-order chi connectivity index (χ1) is 15.2. The van der Waals surface area contributed by atoms with Crippen LogP contribution in [0.4, 0.5) is 13.2 Å². The molecule has 2 heterocycles. The second-order valence-corrected chi connectivity index (χ2v) is 9.25. The van der Waals surface area contributed by atoms with E-state index >= 15 is 0 Å². The van der Waals surface area contributed by atoms with Crippen LogP contribution in [0, 0.1) is 0 Å². The van der Waals surface area contributed by atoms with E-state index in [0.29, 0.717) is 5.69 Å². The molecular formula is C21H21F3N4O3S. The molecule has 1 fully saturated rings. The largest absolute Gasteiger partial charge is 0.573 e. The molecule has 0 bridgehead atoms. The van der Waals surface area contributed by atoms with Crippen LogP contribution in [-0.4, -0.2) is 29.5 Å². The average Bonchev–Trinajstić information content (AvgIpc) is 3.42. The summed E-state index contributed by atoms with van der Waals surface area (Å²) in [6, 6.07) is 9.88. The van der Waals surface area contributed by atoms with Crippen molar-refractivity contribution in [1.82, 2.24) is 19.5 Å². The van der Waals surface area contributed by atoms with Gasteiger partial charge < -0.3 is 4.74 Å². The number of hydrogen-bond acceptors (Lipinski definition) is 5. The summed E-state index contributed by atoms with van der Waals surface area (Å²) in [5.41, 5.74) is 2.38. The van der Waals surface area contributed by atoms with Crippen molar-refractivity contribution in [3.63, 3.8) is 0 Å². The minimum absolute atomic E-state index is 0.0546. The lowest BCUT2D eigenvalue weighted by atomic mass is 10.1. The standard InChI is InChI=1S/C21H21F3N4O3S/c22-21(23,24)31-18-5-7-19(8-6-18)32(29,30)26-14-16-13-20(15-9-11-25-12-10-15)28(27-16)17-3-1-2-4-17/h5-13,17,26H,1-4,14H2. The average molecular weight is 466 g/mol. The summed E-state index contributed by atoms with van der Waals surface area (Å²) in [6.07, 6.45) is 2.80. The number of halogens is 3. The fraction of sp³-hybridized carbons (Fsp3) is 0.333. The van der Waals surface area contributed by atoms with Gasteiger partial charge in [0.1, 0.15) is 5.75 Å². The summed E-state index contributed by atoms with van der Waals surface area (Å²) in [4.78, 5) is 3.87. The molecule has 0 saturated heterocycles. The third kappa shape index (κ3) is 5.28. The summed E-state index contributed by atoms with van der Waals surface area (Å²) < 4.78 is 70.3. The number of pyridine rings is 1. The summed E-state index contributed by atoms with van der Waals surface area (Å²) in [7, 11) is -3.95. The summed E-state index contributed by atoms with van der Waals surface area (Å²) >= 11 is 0. The van der Waals surface area contributed by atoms with Gasteiger partial charge in [0.15, 0.2) is 0 Å². The van der Waals surface area contributed by atoms with Gasteiger partial charge in [-0.3, -0.25) is 9.67 Å². The Bertz CT molecular complexity index is 1160. The van der Waals surface area contributed by atoms with Gasteiger partial charge in [-0.05, 0) is 55.3 Å². The third-order valence-electron chi connectivity index (χ3n) is 5.24. The summed E-state index contributed by atoms with van der Waals surface area (Å²) in [5.74, 6) is -0.492. The molecule has 1 aliphatic rings. The van der Waals surface area contributed by atoms with Gasteiger partial charge in [0.2, 0.25) is 10.0 Å². The van der Waals surface area contributed by atoms with Gasteiger partial charge in [-0.25, -0.2) is 13.1 Å². The highest BCUT2D eigenvalue weighted by atomic mass is 32.2. The van der Waals surface area contributed by atoms with Crippen molar-refractivity contribution in [2.24, 2.45) is 0 Å². The van der Waals surface area contributed by atoms with Gasteiger partial charge >= 0.3 is 6.36 Å². The number of rotatable bonds is 7. The van der Waals surface area contributed by atoms with Crippen molar-refractivity contribution in [3.8, 4) is 17.0 Å². The molecule has 1 N–H and O–H groups in total. The molecule has 170 valence electrons. The molecule has 1 aromatic carbocycles. The first-order valence-electron chi connectivity index (χ1n) is 10.1. The summed E-state index contributed by atoms with van der Waals surface area (Å²) in [5, 5.41) is 4.64. The Kier molecular flexibility index (Phi) is 6.20. The lowest BCUT2D eigenvalue weighted by Gasteiger charge is -2.14. The number of nitrogens with zero attached hydrogens (tertiary/aromatic N) is 3. The first-order valence-corrected chi connectivity index (χ1v) is 11.5. The first kappa shape index (κ1) is 22.3. The molecule has 0 unspecified atom stereocenters. The van der Waals surface area contributed by atoms with E-state index in [0.717, 1.165) is 61.2 Å².